The Morgan fingerprint density at radius 3 is 1.15 bits per heavy atom. The van der Waals surface area contributed by atoms with Crippen LogP contribution in [-0.4, -0.2) is 54.2 Å². The summed E-state index contributed by atoms with van der Waals surface area (Å²) >= 11 is 0. The second kappa shape index (κ2) is 13.6. The first kappa shape index (κ1) is 33.5. The van der Waals surface area contributed by atoms with E-state index in [1.165, 1.54) is 49.6 Å². The van der Waals surface area contributed by atoms with Crippen molar-refractivity contribution in [2.45, 2.75) is 0 Å². The number of rotatable bonds is 6. The van der Waals surface area contributed by atoms with E-state index in [0.717, 1.165) is 49.8 Å². The summed E-state index contributed by atoms with van der Waals surface area (Å²) < 4.78 is 6.51. The third-order valence-electron chi connectivity index (χ3n) is 11.2. The Hall–Kier alpha value is -6.33. The lowest BCUT2D eigenvalue weighted by atomic mass is 9.59. The largest absolute Gasteiger partial charge is 0.456 e. The van der Waals surface area contributed by atoms with Crippen molar-refractivity contribution in [2.24, 2.45) is 0 Å². The molecule has 2 heterocycles. The van der Waals surface area contributed by atoms with Crippen molar-refractivity contribution < 1.29 is 4.42 Å². The van der Waals surface area contributed by atoms with Gasteiger partial charge < -0.3 is 4.42 Å². The fraction of sp³-hybridized carbons (Fsp3) is 0. The maximum absolute atomic E-state index is 6.51. The van der Waals surface area contributed by atoms with Crippen LogP contribution < -0.4 is 27.3 Å². The van der Waals surface area contributed by atoms with Gasteiger partial charge in [-0.3, -0.25) is 0 Å². The van der Waals surface area contributed by atoms with Crippen molar-refractivity contribution >= 4 is 88.5 Å². The summed E-state index contributed by atoms with van der Waals surface area (Å²) in [7, 11) is 11.2. The number of fused-ring (bicyclic) bond motifs is 3. The van der Waals surface area contributed by atoms with Crippen molar-refractivity contribution in [3.8, 4) is 67.5 Å². The molecule has 0 N–H and O–H groups in total. The summed E-state index contributed by atoms with van der Waals surface area (Å²) in [6, 6.07) is 50.6. The topological polar surface area (TPSA) is 51.8 Å². The number of aromatic nitrogens is 3. The monoisotopic (exact) mass is 687 g/mol. The van der Waals surface area contributed by atoms with Crippen LogP contribution in [0.15, 0.2) is 150 Å². The van der Waals surface area contributed by atoms with Crippen LogP contribution in [0.2, 0.25) is 0 Å². The molecule has 250 valence electrons. The molecule has 7 aromatic carbocycles. The van der Waals surface area contributed by atoms with Gasteiger partial charge >= 0.3 is 0 Å². The Balaban J connectivity index is 1.01. The Morgan fingerprint density at radius 2 is 0.667 bits per heavy atom. The summed E-state index contributed by atoms with van der Waals surface area (Å²) in [5.74, 6) is 1.87. The Bertz CT molecular complexity index is 2770. The number of furan rings is 1. The van der Waals surface area contributed by atoms with E-state index in [1.807, 2.05) is 66.7 Å². The molecule has 0 aliphatic heterocycles. The number of benzene rings is 7. The van der Waals surface area contributed by atoms with Crippen LogP contribution in [-0.2, 0) is 0 Å². The van der Waals surface area contributed by atoms with Crippen molar-refractivity contribution in [1.29, 1.82) is 0 Å². The van der Waals surface area contributed by atoms with Gasteiger partial charge in [0.25, 0.3) is 0 Å². The molecule has 9 aromatic rings. The zero-order valence-corrected chi connectivity index (χ0v) is 31.1. The molecule has 4 nitrogen and oxygen atoms in total. The van der Waals surface area contributed by atoms with Gasteiger partial charge in [0, 0.05) is 27.5 Å². The molecule has 0 aliphatic carbocycles. The Morgan fingerprint density at radius 1 is 0.315 bits per heavy atom. The number of hydrogen-bond acceptors (Lipinski definition) is 4. The van der Waals surface area contributed by atoms with Gasteiger partial charge in [0.05, 0.1) is 0 Å². The van der Waals surface area contributed by atoms with Gasteiger partial charge in [0.15, 0.2) is 17.5 Å². The molecular formula is C45H34B5N3O. The highest BCUT2D eigenvalue weighted by Gasteiger charge is 2.16. The molecule has 0 spiro atoms. The molecule has 0 saturated heterocycles. The van der Waals surface area contributed by atoms with E-state index < -0.39 is 0 Å². The van der Waals surface area contributed by atoms with Crippen LogP contribution in [0.25, 0.3) is 89.5 Å². The van der Waals surface area contributed by atoms with Crippen molar-refractivity contribution in [3.63, 3.8) is 0 Å². The molecule has 0 amide bonds. The highest BCUT2D eigenvalue weighted by Crippen LogP contribution is 2.35. The summed E-state index contributed by atoms with van der Waals surface area (Å²) in [5, 5.41) is 2.13. The second-order valence-electron chi connectivity index (χ2n) is 14.2. The van der Waals surface area contributed by atoms with E-state index in [0.29, 0.717) is 17.5 Å². The average molecular weight is 687 g/mol. The highest BCUT2D eigenvalue weighted by atomic mass is 16.3. The van der Waals surface area contributed by atoms with E-state index in [1.54, 1.807) is 0 Å². The van der Waals surface area contributed by atoms with Gasteiger partial charge in [0.2, 0.25) is 0 Å². The molecular weight excluding hydrogens is 653 g/mol. The fourth-order valence-electron chi connectivity index (χ4n) is 7.65. The number of hydrogen-bond donors (Lipinski definition) is 0. The van der Waals surface area contributed by atoms with Crippen LogP contribution in [0, 0.1) is 0 Å². The van der Waals surface area contributed by atoms with Crippen LogP contribution in [0.1, 0.15) is 0 Å². The van der Waals surface area contributed by atoms with E-state index in [2.05, 4.69) is 118 Å². The molecule has 0 atom stereocenters. The third kappa shape index (κ3) is 5.96. The molecule has 0 bridgehead atoms. The average Bonchev–Trinajstić information content (AvgIpc) is 3.60. The summed E-state index contributed by atoms with van der Waals surface area (Å²) in [5.41, 5.74) is 18.6. The smallest absolute Gasteiger partial charge is 0.164 e. The molecule has 0 aliphatic rings. The zero-order chi connectivity index (χ0) is 36.9. The standard InChI is InChI=1S/C45H34B5N3O/c46-38-37(39(47)41(49)42(50)40(38)48)28-17-15-26(16-18-28)25-11-13-27(14-12-25)31-19-21-33-34-22-20-32(24-36(34)54-35(33)23-31)45-52-43(29-7-3-1-4-8-29)51-44(53-45)30-9-5-2-6-10-30/h1-24H,46-50H2. The van der Waals surface area contributed by atoms with E-state index in [9.17, 15) is 0 Å². The van der Waals surface area contributed by atoms with Gasteiger partial charge in [-0.2, -0.15) is 0 Å². The first-order chi connectivity index (χ1) is 26.3. The predicted octanol–water partition coefficient (Wildman–Crippen LogP) is 3.07. The van der Waals surface area contributed by atoms with Gasteiger partial charge in [-0.1, -0.05) is 132 Å². The minimum Gasteiger partial charge on any atom is -0.456 e. The fourth-order valence-corrected chi connectivity index (χ4v) is 7.65. The van der Waals surface area contributed by atoms with Crippen LogP contribution in [0.3, 0.4) is 0 Å². The first-order valence-corrected chi connectivity index (χ1v) is 18.4. The van der Waals surface area contributed by atoms with Crippen LogP contribution in [0.4, 0.5) is 0 Å². The lowest BCUT2D eigenvalue weighted by Crippen LogP contribution is -2.55. The zero-order valence-electron chi connectivity index (χ0n) is 31.1. The molecule has 9 heteroatoms. The number of nitrogens with zero attached hydrogens (tertiary/aromatic N) is 3. The second-order valence-corrected chi connectivity index (χ2v) is 14.2. The lowest BCUT2D eigenvalue weighted by molar-refractivity contribution is 0.669. The minimum absolute atomic E-state index is 0.603. The Labute approximate surface area is 319 Å². The first-order valence-electron chi connectivity index (χ1n) is 18.4. The Kier molecular flexibility index (Phi) is 8.43. The van der Waals surface area contributed by atoms with Gasteiger partial charge in [0.1, 0.15) is 50.4 Å². The van der Waals surface area contributed by atoms with Crippen molar-refractivity contribution in [1.82, 2.24) is 15.0 Å². The summed E-state index contributed by atoms with van der Waals surface area (Å²) in [6.07, 6.45) is 0. The van der Waals surface area contributed by atoms with E-state index >= 15 is 0 Å². The maximum atomic E-state index is 6.51. The molecule has 0 unspecified atom stereocenters. The molecule has 0 saturated carbocycles. The van der Waals surface area contributed by atoms with Gasteiger partial charge in [-0.05, 0) is 57.6 Å². The molecule has 54 heavy (non-hydrogen) atoms. The van der Waals surface area contributed by atoms with Gasteiger partial charge in [-0.15, -0.1) is 16.4 Å². The molecule has 0 radical (unpaired) electrons. The summed E-state index contributed by atoms with van der Waals surface area (Å²) in [6.45, 7) is 0. The van der Waals surface area contributed by atoms with E-state index in [4.69, 9.17) is 19.4 Å². The normalized spacial score (nSPS) is 11.3. The minimum atomic E-state index is 0.603. The lowest BCUT2D eigenvalue weighted by Gasteiger charge is -2.20. The molecule has 9 rings (SSSR count). The van der Waals surface area contributed by atoms with Gasteiger partial charge in [-0.25, -0.2) is 15.0 Å². The highest BCUT2D eigenvalue weighted by molar-refractivity contribution is 6.68. The molecule has 0 fully saturated rings. The van der Waals surface area contributed by atoms with Crippen molar-refractivity contribution in [2.75, 3.05) is 0 Å². The maximum Gasteiger partial charge on any atom is 0.164 e. The van der Waals surface area contributed by atoms with Crippen LogP contribution in [0.5, 0.6) is 0 Å². The van der Waals surface area contributed by atoms with E-state index in [-0.39, 0.29) is 0 Å². The van der Waals surface area contributed by atoms with Crippen molar-refractivity contribution in [3.05, 3.63) is 146 Å². The van der Waals surface area contributed by atoms with Crippen LogP contribution >= 0.6 is 0 Å². The predicted molar refractivity (Wildman–Crippen MR) is 241 cm³/mol. The quantitative estimate of drug-likeness (QED) is 0.253. The summed E-state index contributed by atoms with van der Waals surface area (Å²) in [4.78, 5) is 14.7. The third-order valence-corrected chi connectivity index (χ3v) is 11.2. The SMILES string of the molecule is Bc1c(B)c(B)c(-c2ccc(-c3ccc(-c4ccc5c(c4)oc4cc(-c6nc(-c7ccccc7)nc(-c7ccccc7)n6)ccc45)cc3)cc2)c(B)c1B. The molecule has 2 aromatic heterocycles.